The topological polar surface area (TPSA) is 97.3 Å². The molecule has 1 saturated carbocycles. The van der Waals surface area contributed by atoms with Crippen LogP contribution in [-0.2, 0) is 0 Å². The van der Waals surface area contributed by atoms with E-state index >= 15 is 0 Å². The minimum atomic E-state index is -0.275. The highest BCUT2D eigenvalue weighted by Gasteiger charge is 2.17. The zero-order valence-electron chi connectivity index (χ0n) is 17.3. The fourth-order valence-electron chi connectivity index (χ4n) is 4.01. The van der Waals surface area contributed by atoms with Crippen molar-refractivity contribution >= 4 is 23.1 Å². The molecule has 1 amide bonds. The number of oxazole rings is 1. The Morgan fingerprint density at radius 1 is 1.16 bits per heavy atom. The van der Waals surface area contributed by atoms with Crippen LogP contribution >= 0.6 is 0 Å². The Bertz CT molecular complexity index is 1220. The van der Waals surface area contributed by atoms with E-state index in [2.05, 4.69) is 25.7 Å². The minimum absolute atomic E-state index is 0.275. The summed E-state index contributed by atoms with van der Waals surface area (Å²) in [6.45, 7) is 1.80. The van der Waals surface area contributed by atoms with Gasteiger partial charge in [-0.05, 0) is 37.1 Å². The van der Waals surface area contributed by atoms with Crippen molar-refractivity contribution in [3.8, 4) is 11.3 Å². The SMILES string of the molecule is Cc1nc(-c2cccc(NC(=O)c3cnc4ccc(NC5CCCCC5)nn34)c2)co1. The first-order chi connectivity index (χ1) is 15.2. The number of hydrogen-bond donors (Lipinski definition) is 2. The number of hydrogen-bond acceptors (Lipinski definition) is 6. The third-order valence-corrected chi connectivity index (χ3v) is 5.59. The van der Waals surface area contributed by atoms with Crippen LogP contribution in [0.15, 0.2) is 53.3 Å². The van der Waals surface area contributed by atoms with Gasteiger partial charge >= 0.3 is 0 Å². The highest BCUT2D eigenvalue weighted by atomic mass is 16.3. The number of carbonyl (C=O) groups is 1. The molecule has 0 radical (unpaired) electrons. The van der Waals surface area contributed by atoms with Crippen molar-refractivity contribution in [2.45, 2.75) is 45.1 Å². The maximum Gasteiger partial charge on any atom is 0.276 e. The molecule has 1 aromatic carbocycles. The highest BCUT2D eigenvalue weighted by Crippen LogP contribution is 2.23. The van der Waals surface area contributed by atoms with Crippen molar-refractivity contribution in [1.82, 2.24) is 19.6 Å². The van der Waals surface area contributed by atoms with Gasteiger partial charge in [-0.15, -0.1) is 5.10 Å². The summed E-state index contributed by atoms with van der Waals surface area (Å²) in [6, 6.07) is 11.7. The van der Waals surface area contributed by atoms with Crippen LogP contribution in [0.1, 0.15) is 48.5 Å². The molecule has 3 aromatic heterocycles. The number of benzene rings is 1. The summed E-state index contributed by atoms with van der Waals surface area (Å²) in [5.41, 5.74) is 3.26. The van der Waals surface area contributed by atoms with Crippen LogP contribution in [0.3, 0.4) is 0 Å². The van der Waals surface area contributed by atoms with Crippen LogP contribution in [0.25, 0.3) is 16.9 Å². The van der Waals surface area contributed by atoms with Crippen LogP contribution < -0.4 is 10.6 Å². The molecule has 8 nitrogen and oxygen atoms in total. The number of nitrogens with zero attached hydrogens (tertiary/aromatic N) is 4. The van der Waals surface area contributed by atoms with E-state index < -0.39 is 0 Å². The van der Waals surface area contributed by atoms with E-state index in [4.69, 9.17) is 4.42 Å². The van der Waals surface area contributed by atoms with E-state index in [1.54, 1.807) is 23.9 Å². The number of aromatic nitrogens is 4. The normalized spacial score (nSPS) is 14.6. The van der Waals surface area contributed by atoms with E-state index in [9.17, 15) is 4.79 Å². The van der Waals surface area contributed by atoms with Gasteiger partial charge in [-0.2, -0.15) is 0 Å². The van der Waals surface area contributed by atoms with Gasteiger partial charge in [0.2, 0.25) is 0 Å². The number of anilines is 2. The number of fused-ring (bicyclic) bond motifs is 1. The molecule has 0 unspecified atom stereocenters. The summed E-state index contributed by atoms with van der Waals surface area (Å²) in [6.07, 6.45) is 9.24. The third kappa shape index (κ3) is 4.14. The number of imidazole rings is 1. The molecule has 2 N–H and O–H groups in total. The predicted molar refractivity (Wildman–Crippen MR) is 118 cm³/mol. The van der Waals surface area contributed by atoms with E-state index in [0.29, 0.717) is 29.0 Å². The van der Waals surface area contributed by atoms with Gasteiger partial charge in [-0.1, -0.05) is 31.4 Å². The molecule has 0 spiro atoms. The quantitative estimate of drug-likeness (QED) is 0.490. The zero-order chi connectivity index (χ0) is 21.2. The van der Waals surface area contributed by atoms with Gasteiger partial charge in [0.15, 0.2) is 17.2 Å². The van der Waals surface area contributed by atoms with Crippen LogP contribution in [0.2, 0.25) is 0 Å². The summed E-state index contributed by atoms with van der Waals surface area (Å²) in [5.74, 6) is 1.08. The lowest BCUT2D eigenvalue weighted by molar-refractivity contribution is 0.102. The van der Waals surface area contributed by atoms with E-state index in [0.717, 1.165) is 29.9 Å². The van der Waals surface area contributed by atoms with Gasteiger partial charge in [-0.3, -0.25) is 4.79 Å². The van der Waals surface area contributed by atoms with Crippen molar-refractivity contribution in [1.29, 1.82) is 0 Å². The Balaban J connectivity index is 1.36. The Morgan fingerprint density at radius 3 is 2.84 bits per heavy atom. The maximum atomic E-state index is 13.0. The molecule has 3 heterocycles. The second kappa shape index (κ2) is 8.22. The number of carbonyl (C=O) groups excluding carboxylic acids is 1. The monoisotopic (exact) mass is 416 g/mol. The fourth-order valence-corrected chi connectivity index (χ4v) is 4.01. The molecule has 1 fully saturated rings. The molecule has 0 aliphatic heterocycles. The summed E-state index contributed by atoms with van der Waals surface area (Å²) in [4.78, 5) is 21.6. The Hall–Kier alpha value is -3.68. The molecule has 1 aliphatic carbocycles. The average molecular weight is 416 g/mol. The van der Waals surface area contributed by atoms with Crippen LogP contribution in [-0.4, -0.2) is 31.5 Å². The first-order valence-corrected chi connectivity index (χ1v) is 10.6. The molecule has 0 bridgehead atoms. The summed E-state index contributed by atoms with van der Waals surface area (Å²) in [7, 11) is 0. The summed E-state index contributed by atoms with van der Waals surface area (Å²) >= 11 is 0. The maximum absolute atomic E-state index is 13.0. The molecule has 0 saturated heterocycles. The molecule has 5 rings (SSSR count). The Labute approximate surface area is 179 Å². The number of aryl methyl sites for hydroxylation is 1. The lowest BCUT2D eigenvalue weighted by atomic mass is 9.95. The zero-order valence-corrected chi connectivity index (χ0v) is 17.3. The molecular weight excluding hydrogens is 392 g/mol. The van der Waals surface area contributed by atoms with Crippen molar-refractivity contribution in [2.24, 2.45) is 0 Å². The first kappa shape index (κ1) is 19.3. The molecule has 0 atom stereocenters. The van der Waals surface area contributed by atoms with Crippen LogP contribution in [0.5, 0.6) is 0 Å². The van der Waals surface area contributed by atoms with E-state index in [1.165, 1.54) is 19.3 Å². The number of rotatable bonds is 5. The summed E-state index contributed by atoms with van der Waals surface area (Å²) in [5, 5.41) is 11.1. The largest absolute Gasteiger partial charge is 0.449 e. The lowest BCUT2D eigenvalue weighted by Gasteiger charge is -2.23. The predicted octanol–water partition coefficient (Wildman–Crippen LogP) is 4.69. The van der Waals surface area contributed by atoms with Gasteiger partial charge in [-0.25, -0.2) is 14.5 Å². The van der Waals surface area contributed by atoms with Gasteiger partial charge in [0.25, 0.3) is 5.91 Å². The van der Waals surface area contributed by atoms with Crippen molar-refractivity contribution < 1.29 is 9.21 Å². The number of nitrogens with one attached hydrogen (secondary N) is 2. The van der Waals surface area contributed by atoms with Crippen LogP contribution in [0, 0.1) is 6.92 Å². The average Bonchev–Trinajstić information content (AvgIpc) is 3.41. The van der Waals surface area contributed by atoms with Crippen molar-refractivity contribution in [3.63, 3.8) is 0 Å². The molecular formula is C23H24N6O2. The Morgan fingerprint density at radius 2 is 2.03 bits per heavy atom. The fraction of sp³-hybridized carbons (Fsp3) is 0.304. The minimum Gasteiger partial charge on any atom is -0.449 e. The van der Waals surface area contributed by atoms with E-state index in [-0.39, 0.29) is 5.91 Å². The Kier molecular flexibility index (Phi) is 5.11. The third-order valence-electron chi connectivity index (χ3n) is 5.59. The van der Waals surface area contributed by atoms with Gasteiger partial charge in [0.1, 0.15) is 17.8 Å². The van der Waals surface area contributed by atoms with Crippen molar-refractivity contribution in [3.05, 3.63) is 60.4 Å². The highest BCUT2D eigenvalue weighted by molar-refractivity contribution is 6.03. The molecule has 8 heteroatoms. The first-order valence-electron chi connectivity index (χ1n) is 10.6. The number of amides is 1. The van der Waals surface area contributed by atoms with Crippen molar-refractivity contribution in [2.75, 3.05) is 10.6 Å². The smallest absolute Gasteiger partial charge is 0.276 e. The van der Waals surface area contributed by atoms with E-state index in [1.807, 2.05) is 36.4 Å². The standard InChI is InChI=1S/C23H24N6O2/c1-15-25-19(14-31-15)16-6-5-9-18(12-16)27-23(30)20-13-24-22-11-10-21(28-29(20)22)26-17-7-3-2-4-8-17/h5-6,9-14,17H,2-4,7-8H2,1H3,(H,26,28)(H,27,30). The van der Waals surface area contributed by atoms with Crippen LogP contribution in [0.4, 0.5) is 11.5 Å². The molecule has 4 aromatic rings. The molecule has 1 aliphatic rings. The van der Waals surface area contributed by atoms with Gasteiger partial charge < -0.3 is 15.1 Å². The molecule has 158 valence electrons. The second-order valence-corrected chi connectivity index (χ2v) is 7.90. The van der Waals surface area contributed by atoms with Gasteiger partial charge in [0.05, 0.1) is 6.20 Å². The molecule has 31 heavy (non-hydrogen) atoms. The second-order valence-electron chi connectivity index (χ2n) is 7.90. The summed E-state index contributed by atoms with van der Waals surface area (Å²) < 4.78 is 6.88. The lowest BCUT2D eigenvalue weighted by Crippen LogP contribution is -2.23. The van der Waals surface area contributed by atoms with Gasteiger partial charge in [0, 0.05) is 24.2 Å².